The van der Waals surface area contributed by atoms with Gasteiger partial charge in [0, 0.05) is 18.8 Å². The van der Waals surface area contributed by atoms with Crippen LogP contribution in [0, 0.1) is 0 Å². The summed E-state index contributed by atoms with van der Waals surface area (Å²) in [5.41, 5.74) is 2.17. The summed E-state index contributed by atoms with van der Waals surface area (Å²) in [7, 11) is 2.10. The summed E-state index contributed by atoms with van der Waals surface area (Å²) < 4.78 is 0. The zero-order valence-corrected chi connectivity index (χ0v) is 10.1. The summed E-state index contributed by atoms with van der Waals surface area (Å²) in [6.45, 7) is 6.18. The molecule has 0 spiro atoms. The molecule has 0 fully saturated rings. The molecule has 0 aliphatic carbocycles. The molecule has 1 N–H and O–H groups in total. The number of hydrogen-bond acceptors (Lipinski definition) is 2. The maximum Gasteiger partial charge on any atom is 0.0761 e. The van der Waals surface area contributed by atoms with E-state index in [1.165, 1.54) is 5.69 Å². The van der Waals surface area contributed by atoms with E-state index in [1.54, 1.807) is 6.92 Å². The molecule has 1 aromatic carbocycles. The van der Waals surface area contributed by atoms with Gasteiger partial charge in [-0.1, -0.05) is 19.1 Å². The fraction of sp³-hybridized carbons (Fsp3) is 0.538. The monoisotopic (exact) mass is 207 g/mol. The Morgan fingerprint density at radius 3 is 2.13 bits per heavy atom. The molecule has 0 aromatic heterocycles. The summed E-state index contributed by atoms with van der Waals surface area (Å²) in [5.74, 6) is 0. The van der Waals surface area contributed by atoms with Gasteiger partial charge in [-0.15, -0.1) is 0 Å². The van der Waals surface area contributed by atoms with Gasteiger partial charge >= 0.3 is 0 Å². The third kappa shape index (κ3) is 2.96. The van der Waals surface area contributed by atoms with Gasteiger partial charge in [0.1, 0.15) is 0 Å². The van der Waals surface area contributed by atoms with E-state index >= 15 is 0 Å². The smallest absolute Gasteiger partial charge is 0.0761 e. The highest BCUT2D eigenvalue weighted by Gasteiger charge is 2.08. The lowest BCUT2D eigenvalue weighted by Crippen LogP contribution is -2.27. The summed E-state index contributed by atoms with van der Waals surface area (Å²) in [6.07, 6.45) is 0.752. The zero-order chi connectivity index (χ0) is 11.4. The highest BCUT2D eigenvalue weighted by Crippen LogP contribution is 2.20. The number of nitrogens with zero attached hydrogens (tertiary/aromatic N) is 1. The Hall–Kier alpha value is -1.02. The molecule has 0 aliphatic rings. The third-order valence-corrected chi connectivity index (χ3v) is 3.03. The van der Waals surface area contributed by atoms with Crippen LogP contribution in [-0.2, 0) is 0 Å². The topological polar surface area (TPSA) is 23.5 Å². The van der Waals surface area contributed by atoms with Gasteiger partial charge in [0.2, 0.25) is 0 Å². The van der Waals surface area contributed by atoms with E-state index in [9.17, 15) is 5.11 Å². The molecule has 2 nitrogen and oxygen atoms in total. The second-order valence-corrected chi connectivity index (χ2v) is 4.14. The van der Waals surface area contributed by atoms with Crippen LogP contribution in [0.3, 0.4) is 0 Å². The molecular formula is C13H21NO. The van der Waals surface area contributed by atoms with Crippen LogP contribution in [0.15, 0.2) is 24.3 Å². The van der Waals surface area contributed by atoms with Crippen LogP contribution in [0.4, 0.5) is 5.69 Å². The van der Waals surface area contributed by atoms with Crippen LogP contribution in [0.2, 0.25) is 0 Å². The molecule has 0 radical (unpaired) electrons. The first kappa shape index (κ1) is 12.1. The molecular weight excluding hydrogens is 186 g/mol. The van der Waals surface area contributed by atoms with E-state index in [2.05, 4.69) is 37.9 Å². The Bertz CT molecular complexity index is 292. The lowest BCUT2D eigenvalue weighted by molar-refractivity contribution is 0.199. The summed E-state index contributed by atoms with van der Waals surface area (Å²) in [5, 5.41) is 9.39. The summed E-state index contributed by atoms with van der Waals surface area (Å²) in [4.78, 5) is 2.26. The molecule has 0 bridgehead atoms. The Morgan fingerprint density at radius 1 is 1.20 bits per heavy atom. The first-order chi connectivity index (χ1) is 7.06. The molecule has 0 saturated heterocycles. The van der Waals surface area contributed by atoms with Gasteiger partial charge in [-0.3, -0.25) is 0 Å². The zero-order valence-electron chi connectivity index (χ0n) is 10.1. The molecule has 84 valence electrons. The van der Waals surface area contributed by atoms with Crippen molar-refractivity contribution < 1.29 is 5.11 Å². The fourth-order valence-corrected chi connectivity index (χ4v) is 1.52. The molecule has 0 amide bonds. The first-order valence-corrected chi connectivity index (χ1v) is 5.57. The van der Waals surface area contributed by atoms with E-state index in [-0.39, 0.29) is 6.10 Å². The normalized spacial score (nSPS) is 14.7. The molecule has 15 heavy (non-hydrogen) atoms. The van der Waals surface area contributed by atoms with Gasteiger partial charge < -0.3 is 10.0 Å². The summed E-state index contributed by atoms with van der Waals surface area (Å²) in [6, 6.07) is 8.64. The first-order valence-electron chi connectivity index (χ1n) is 5.57. The van der Waals surface area contributed by atoms with Gasteiger partial charge in [-0.05, 0) is 38.0 Å². The largest absolute Gasteiger partial charge is 0.389 e. The number of benzene rings is 1. The SMILES string of the molecule is CCC(C)N(C)c1ccc([C@@H](C)O)cc1. The quantitative estimate of drug-likeness (QED) is 0.820. The highest BCUT2D eigenvalue weighted by atomic mass is 16.3. The molecule has 1 rings (SSSR count). The fourth-order valence-electron chi connectivity index (χ4n) is 1.52. The van der Waals surface area contributed by atoms with Crippen molar-refractivity contribution >= 4 is 5.69 Å². The number of anilines is 1. The van der Waals surface area contributed by atoms with Crippen LogP contribution in [0.5, 0.6) is 0 Å². The van der Waals surface area contributed by atoms with Crippen molar-refractivity contribution in [2.75, 3.05) is 11.9 Å². The Labute approximate surface area is 92.5 Å². The minimum Gasteiger partial charge on any atom is -0.389 e. The van der Waals surface area contributed by atoms with Crippen molar-refractivity contribution in [1.82, 2.24) is 0 Å². The number of aliphatic hydroxyl groups is 1. The minimum atomic E-state index is -0.382. The molecule has 0 saturated carbocycles. The van der Waals surface area contributed by atoms with Gasteiger partial charge in [0.15, 0.2) is 0 Å². The second kappa shape index (κ2) is 5.17. The van der Waals surface area contributed by atoms with E-state index < -0.39 is 0 Å². The van der Waals surface area contributed by atoms with Crippen molar-refractivity contribution in [3.63, 3.8) is 0 Å². The summed E-state index contributed by atoms with van der Waals surface area (Å²) >= 11 is 0. The minimum absolute atomic E-state index is 0.382. The number of hydrogen-bond donors (Lipinski definition) is 1. The van der Waals surface area contributed by atoms with Crippen LogP contribution in [0.1, 0.15) is 38.9 Å². The predicted molar refractivity (Wildman–Crippen MR) is 65.2 cm³/mol. The molecule has 2 atom stereocenters. The van der Waals surface area contributed by atoms with Crippen LogP contribution in [-0.4, -0.2) is 18.2 Å². The Kier molecular flexibility index (Phi) is 4.15. The standard InChI is InChI=1S/C13H21NO/c1-5-10(2)14(4)13-8-6-12(7-9-13)11(3)15/h6-11,15H,5H2,1-4H3/t10?,11-/m1/s1. The average Bonchev–Trinajstić information content (AvgIpc) is 2.27. The van der Waals surface area contributed by atoms with Crippen LogP contribution < -0.4 is 4.90 Å². The molecule has 0 aliphatic heterocycles. The second-order valence-electron chi connectivity index (χ2n) is 4.14. The highest BCUT2D eigenvalue weighted by molar-refractivity contribution is 5.47. The van der Waals surface area contributed by atoms with Gasteiger partial charge in [-0.25, -0.2) is 0 Å². The Morgan fingerprint density at radius 2 is 1.73 bits per heavy atom. The van der Waals surface area contributed by atoms with Gasteiger partial charge in [0.25, 0.3) is 0 Å². The lowest BCUT2D eigenvalue weighted by Gasteiger charge is -2.26. The van der Waals surface area contributed by atoms with Crippen molar-refractivity contribution in [2.45, 2.75) is 39.3 Å². The Balaban J connectivity index is 2.79. The van der Waals surface area contributed by atoms with Gasteiger partial charge in [0.05, 0.1) is 6.10 Å². The molecule has 1 unspecified atom stereocenters. The third-order valence-electron chi connectivity index (χ3n) is 3.03. The lowest BCUT2D eigenvalue weighted by atomic mass is 10.1. The van der Waals surface area contributed by atoms with E-state index in [0.29, 0.717) is 6.04 Å². The maximum absolute atomic E-state index is 9.39. The maximum atomic E-state index is 9.39. The molecule has 0 heterocycles. The van der Waals surface area contributed by atoms with Crippen molar-refractivity contribution in [2.24, 2.45) is 0 Å². The van der Waals surface area contributed by atoms with Crippen LogP contribution in [0.25, 0.3) is 0 Å². The molecule has 2 heteroatoms. The van der Waals surface area contributed by atoms with Crippen molar-refractivity contribution in [3.05, 3.63) is 29.8 Å². The predicted octanol–water partition coefficient (Wildman–Crippen LogP) is 2.97. The van der Waals surface area contributed by atoms with Crippen LogP contribution >= 0.6 is 0 Å². The van der Waals surface area contributed by atoms with E-state index in [1.807, 2.05) is 12.1 Å². The number of aliphatic hydroxyl groups excluding tert-OH is 1. The average molecular weight is 207 g/mol. The molecule has 1 aromatic rings. The van der Waals surface area contributed by atoms with Gasteiger partial charge in [-0.2, -0.15) is 0 Å². The van der Waals surface area contributed by atoms with E-state index in [0.717, 1.165) is 12.0 Å². The van der Waals surface area contributed by atoms with Crippen molar-refractivity contribution in [3.8, 4) is 0 Å². The van der Waals surface area contributed by atoms with E-state index in [4.69, 9.17) is 0 Å². The van der Waals surface area contributed by atoms with Crippen molar-refractivity contribution in [1.29, 1.82) is 0 Å². The number of rotatable bonds is 4.